The number of hydrogen-bond donors (Lipinski definition) is 3. The summed E-state index contributed by atoms with van der Waals surface area (Å²) in [5, 5.41) is 13.4. The van der Waals surface area contributed by atoms with Crippen molar-refractivity contribution in [3.8, 4) is 0 Å². The van der Waals surface area contributed by atoms with Crippen molar-refractivity contribution in [2.45, 2.75) is 6.42 Å². The zero-order chi connectivity index (χ0) is 12.8. The standard InChI is InChI=1S/C10H10Br2N2O3/c11-6-1-2-8(7(12)5-6)14-10(17)13-4-3-9(15)16/h1-2,5H,3-4H2,(H,15,16)(H2,13,14,17). The van der Waals surface area contributed by atoms with Gasteiger partial charge in [-0.05, 0) is 34.1 Å². The zero-order valence-electron chi connectivity index (χ0n) is 8.67. The van der Waals surface area contributed by atoms with Crippen LogP contribution in [0.3, 0.4) is 0 Å². The topological polar surface area (TPSA) is 78.4 Å². The summed E-state index contributed by atoms with van der Waals surface area (Å²) in [5.41, 5.74) is 0.612. The first-order chi connectivity index (χ1) is 7.99. The monoisotopic (exact) mass is 364 g/mol. The summed E-state index contributed by atoms with van der Waals surface area (Å²) in [6.07, 6.45) is -0.102. The Labute approximate surface area is 115 Å². The number of carbonyl (C=O) groups excluding carboxylic acids is 1. The third-order valence-electron chi connectivity index (χ3n) is 1.80. The van der Waals surface area contributed by atoms with Gasteiger partial charge in [0.2, 0.25) is 0 Å². The summed E-state index contributed by atoms with van der Waals surface area (Å²) in [7, 11) is 0. The van der Waals surface area contributed by atoms with Gasteiger partial charge in [-0.15, -0.1) is 0 Å². The Morgan fingerprint density at radius 1 is 1.29 bits per heavy atom. The van der Waals surface area contributed by atoms with Crippen LogP contribution in [-0.2, 0) is 4.79 Å². The Bertz CT molecular complexity index is 438. The molecule has 17 heavy (non-hydrogen) atoms. The number of rotatable bonds is 4. The van der Waals surface area contributed by atoms with Gasteiger partial charge in [-0.1, -0.05) is 15.9 Å². The van der Waals surface area contributed by atoms with Crippen LogP contribution in [0.4, 0.5) is 10.5 Å². The fourth-order valence-electron chi connectivity index (χ4n) is 1.04. The minimum Gasteiger partial charge on any atom is -0.481 e. The van der Waals surface area contributed by atoms with Crippen LogP contribution in [-0.4, -0.2) is 23.7 Å². The normalized spacial score (nSPS) is 9.76. The lowest BCUT2D eigenvalue weighted by molar-refractivity contribution is -0.136. The summed E-state index contributed by atoms with van der Waals surface area (Å²) in [5.74, 6) is -0.949. The fraction of sp³-hybridized carbons (Fsp3) is 0.200. The maximum absolute atomic E-state index is 11.4. The predicted molar refractivity (Wildman–Crippen MR) is 71.1 cm³/mol. The van der Waals surface area contributed by atoms with Gasteiger partial charge in [0.1, 0.15) is 0 Å². The largest absolute Gasteiger partial charge is 0.481 e. The number of nitrogens with one attached hydrogen (secondary N) is 2. The van der Waals surface area contributed by atoms with Crippen molar-refractivity contribution < 1.29 is 14.7 Å². The number of carboxylic acid groups (broad SMARTS) is 1. The highest BCUT2D eigenvalue weighted by molar-refractivity contribution is 9.11. The quantitative estimate of drug-likeness (QED) is 0.767. The second-order valence-electron chi connectivity index (χ2n) is 3.15. The Balaban J connectivity index is 2.48. The molecule has 0 unspecified atom stereocenters. The van der Waals surface area contributed by atoms with E-state index in [-0.39, 0.29) is 13.0 Å². The van der Waals surface area contributed by atoms with E-state index in [1.165, 1.54) is 0 Å². The summed E-state index contributed by atoms with van der Waals surface area (Å²) in [4.78, 5) is 21.6. The van der Waals surface area contributed by atoms with Crippen molar-refractivity contribution in [3.63, 3.8) is 0 Å². The SMILES string of the molecule is O=C(O)CCNC(=O)Nc1ccc(Br)cc1Br. The first-order valence-electron chi connectivity index (χ1n) is 4.70. The molecule has 0 heterocycles. The van der Waals surface area contributed by atoms with Gasteiger partial charge in [0, 0.05) is 15.5 Å². The number of anilines is 1. The molecule has 5 nitrogen and oxygen atoms in total. The molecule has 0 fully saturated rings. The molecule has 0 aliphatic rings. The highest BCUT2D eigenvalue weighted by Gasteiger charge is 2.05. The van der Waals surface area contributed by atoms with Gasteiger partial charge in [0.05, 0.1) is 12.1 Å². The molecule has 1 aromatic rings. The van der Waals surface area contributed by atoms with Crippen molar-refractivity contribution in [2.24, 2.45) is 0 Å². The smallest absolute Gasteiger partial charge is 0.319 e. The summed E-state index contributed by atoms with van der Waals surface area (Å²) in [6.45, 7) is 0.0926. The highest BCUT2D eigenvalue weighted by Crippen LogP contribution is 2.25. The molecule has 3 N–H and O–H groups in total. The van der Waals surface area contributed by atoms with Gasteiger partial charge < -0.3 is 15.7 Å². The third kappa shape index (κ3) is 5.18. The van der Waals surface area contributed by atoms with Gasteiger partial charge in [-0.3, -0.25) is 4.79 Å². The van der Waals surface area contributed by atoms with Crippen LogP contribution in [0.5, 0.6) is 0 Å². The highest BCUT2D eigenvalue weighted by atomic mass is 79.9. The van der Waals surface area contributed by atoms with Crippen LogP contribution in [0.25, 0.3) is 0 Å². The van der Waals surface area contributed by atoms with Crippen LogP contribution in [0.1, 0.15) is 6.42 Å². The number of urea groups is 1. The summed E-state index contributed by atoms with van der Waals surface area (Å²) < 4.78 is 1.63. The Hall–Kier alpha value is -1.08. The van der Waals surface area contributed by atoms with Gasteiger partial charge in [0.25, 0.3) is 0 Å². The lowest BCUT2D eigenvalue weighted by Crippen LogP contribution is -2.30. The Kier molecular flexibility index (Phi) is 5.43. The van der Waals surface area contributed by atoms with Crippen molar-refractivity contribution in [1.29, 1.82) is 0 Å². The average molecular weight is 366 g/mol. The molecule has 0 spiro atoms. The molecule has 0 aliphatic heterocycles. The van der Waals surface area contributed by atoms with E-state index in [0.29, 0.717) is 5.69 Å². The third-order valence-corrected chi connectivity index (χ3v) is 2.95. The van der Waals surface area contributed by atoms with Crippen LogP contribution < -0.4 is 10.6 Å². The molecule has 0 bridgehead atoms. The van der Waals surface area contributed by atoms with Gasteiger partial charge in [0.15, 0.2) is 0 Å². The molecule has 0 saturated carbocycles. The van der Waals surface area contributed by atoms with Crippen LogP contribution in [0.2, 0.25) is 0 Å². The number of halogens is 2. The summed E-state index contributed by atoms with van der Waals surface area (Å²) >= 11 is 6.60. The van der Waals surface area contributed by atoms with E-state index < -0.39 is 12.0 Å². The van der Waals surface area contributed by atoms with Gasteiger partial charge in [-0.25, -0.2) is 4.79 Å². The van der Waals surface area contributed by atoms with E-state index >= 15 is 0 Å². The lowest BCUT2D eigenvalue weighted by atomic mass is 10.3. The first-order valence-corrected chi connectivity index (χ1v) is 6.29. The zero-order valence-corrected chi connectivity index (χ0v) is 11.8. The Morgan fingerprint density at radius 3 is 2.59 bits per heavy atom. The molecule has 0 aliphatic carbocycles. The van der Waals surface area contributed by atoms with Crippen LogP contribution in [0, 0.1) is 0 Å². The maximum atomic E-state index is 11.4. The molecule has 0 aromatic heterocycles. The molecule has 2 amide bonds. The molecular weight excluding hydrogens is 356 g/mol. The van der Waals surface area contributed by atoms with Crippen molar-refractivity contribution in [2.75, 3.05) is 11.9 Å². The van der Waals surface area contributed by atoms with Crippen molar-refractivity contribution in [3.05, 3.63) is 27.1 Å². The van der Waals surface area contributed by atoms with E-state index in [9.17, 15) is 9.59 Å². The molecule has 0 atom stereocenters. The van der Waals surface area contributed by atoms with Crippen LogP contribution >= 0.6 is 31.9 Å². The number of carboxylic acids is 1. The minimum absolute atomic E-state index is 0.0926. The number of carbonyl (C=O) groups is 2. The van der Waals surface area contributed by atoms with Crippen LogP contribution in [0.15, 0.2) is 27.1 Å². The molecule has 0 saturated heterocycles. The summed E-state index contributed by atoms with van der Waals surface area (Å²) in [6, 6.07) is 4.88. The molecule has 7 heteroatoms. The maximum Gasteiger partial charge on any atom is 0.319 e. The predicted octanol–water partition coefficient (Wildman–Crippen LogP) is 2.81. The number of aliphatic carboxylic acids is 1. The van der Waals surface area contributed by atoms with E-state index in [1.807, 2.05) is 0 Å². The van der Waals surface area contributed by atoms with E-state index in [4.69, 9.17) is 5.11 Å². The van der Waals surface area contributed by atoms with Crippen molar-refractivity contribution >= 4 is 49.5 Å². The van der Waals surface area contributed by atoms with Gasteiger partial charge >= 0.3 is 12.0 Å². The van der Waals surface area contributed by atoms with E-state index in [2.05, 4.69) is 42.5 Å². The van der Waals surface area contributed by atoms with Crippen molar-refractivity contribution in [1.82, 2.24) is 5.32 Å². The first kappa shape index (κ1) is 14.0. The lowest BCUT2D eigenvalue weighted by Gasteiger charge is -2.08. The number of hydrogen-bond acceptors (Lipinski definition) is 2. The van der Waals surface area contributed by atoms with E-state index in [1.54, 1.807) is 18.2 Å². The molecule has 92 valence electrons. The molecule has 1 aromatic carbocycles. The second kappa shape index (κ2) is 6.61. The molecule has 0 radical (unpaired) electrons. The average Bonchev–Trinajstić information content (AvgIpc) is 2.21. The van der Waals surface area contributed by atoms with E-state index in [0.717, 1.165) is 8.95 Å². The van der Waals surface area contributed by atoms with Gasteiger partial charge in [-0.2, -0.15) is 0 Å². The molecule has 1 rings (SSSR count). The Morgan fingerprint density at radius 2 is 2.00 bits per heavy atom. The molecular formula is C10H10Br2N2O3. The number of amides is 2. The minimum atomic E-state index is -0.949. The fourth-order valence-corrected chi connectivity index (χ4v) is 2.19. The number of benzene rings is 1. The second-order valence-corrected chi connectivity index (χ2v) is 4.92.